The Balaban J connectivity index is 2.18. The fourth-order valence-electron chi connectivity index (χ4n) is 2.60. The second kappa shape index (κ2) is 5.28. The number of para-hydroxylation sites is 1. The molecular formula is C13H19NO3S. The molecule has 2 N–H and O–H groups in total. The lowest BCUT2D eigenvalue weighted by Crippen LogP contribution is -2.34. The van der Waals surface area contributed by atoms with E-state index in [4.69, 9.17) is 0 Å². The first kappa shape index (κ1) is 13.4. The van der Waals surface area contributed by atoms with Crippen molar-refractivity contribution in [1.82, 2.24) is 0 Å². The summed E-state index contributed by atoms with van der Waals surface area (Å²) < 4.78 is 23.4. The molecule has 0 bridgehead atoms. The Morgan fingerprint density at radius 1 is 1.33 bits per heavy atom. The van der Waals surface area contributed by atoms with Gasteiger partial charge in [0, 0.05) is 23.5 Å². The molecule has 5 heteroatoms. The van der Waals surface area contributed by atoms with Crippen molar-refractivity contribution in [2.75, 3.05) is 11.6 Å². The minimum atomic E-state index is -3.02. The van der Waals surface area contributed by atoms with Gasteiger partial charge in [0.25, 0.3) is 0 Å². The van der Waals surface area contributed by atoms with E-state index in [1.807, 2.05) is 24.3 Å². The maximum absolute atomic E-state index is 11.7. The molecule has 0 amide bonds. The molecule has 0 heterocycles. The van der Waals surface area contributed by atoms with E-state index >= 15 is 0 Å². The Morgan fingerprint density at radius 3 is 2.72 bits per heavy atom. The van der Waals surface area contributed by atoms with Gasteiger partial charge in [-0.2, -0.15) is 0 Å². The van der Waals surface area contributed by atoms with E-state index in [2.05, 4.69) is 5.32 Å². The molecule has 2 rings (SSSR count). The first-order valence-corrected chi connectivity index (χ1v) is 8.12. The zero-order valence-electron chi connectivity index (χ0n) is 10.5. The first-order chi connectivity index (χ1) is 8.52. The van der Waals surface area contributed by atoms with Gasteiger partial charge in [-0.25, -0.2) is 8.42 Å². The molecule has 1 aromatic rings. The van der Waals surface area contributed by atoms with Crippen molar-refractivity contribution in [3.63, 3.8) is 0 Å². The van der Waals surface area contributed by atoms with Crippen molar-refractivity contribution >= 4 is 15.5 Å². The molecular weight excluding hydrogens is 250 g/mol. The zero-order chi connectivity index (χ0) is 13.2. The number of aliphatic hydroxyl groups excluding tert-OH is 1. The van der Waals surface area contributed by atoms with Gasteiger partial charge in [-0.1, -0.05) is 18.2 Å². The summed E-state index contributed by atoms with van der Waals surface area (Å²) in [5.74, 6) is 0. The predicted octanol–water partition coefficient (Wildman–Crippen LogP) is 1.56. The third kappa shape index (κ3) is 2.84. The second-order valence-corrected chi connectivity index (χ2v) is 7.13. The summed E-state index contributed by atoms with van der Waals surface area (Å²) in [7, 11) is -3.02. The Bertz CT molecular complexity index is 513. The predicted molar refractivity (Wildman–Crippen MR) is 72.3 cm³/mol. The standard InChI is InChI=1S/C13H19NO3S/c1-18(16,17)13-8-4-7-12(13)14-11-6-3-2-5-10(11)9-15/h2-3,5-6,12-15H,4,7-9H2,1H3. The van der Waals surface area contributed by atoms with E-state index in [0.29, 0.717) is 0 Å². The number of hydrogen-bond donors (Lipinski definition) is 2. The van der Waals surface area contributed by atoms with Gasteiger partial charge in [0.2, 0.25) is 0 Å². The fraction of sp³-hybridized carbons (Fsp3) is 0.538. The van der Waals surface area contributed by atoms with Crippen LogP contribution in [0.1, 0.15) is 24.8 Å². The summed E-state index contributed by atoms with van der Waals surface area (Å²) >= 11 is 0. The summed E-state index contributed by atoms with van der Waals surface area (Å²) in [5, 5.41) is 12.2. The van der Waals surface area contributed by atoms with Crippen LogP contribution in [0, 0.1) is 0 Å². The van der Waals surface area contributed by atoms with Crippen LogP contribution in [0.5, 0.6) is 0 Å². The van der Waals surface area contributed by atoms with Crippen molar-refractivity contribution in [3.8, 4) is 0 Å². The number of rotatable bonds is 4. The summed E-state index contributed by atoms with van der Waals surface area (Å²) in [6.45, 7) is -0.0422. The van der Waals surface area contributed by atoms with Gasteiger partial charge in [-0.3, -0.25) is 0 Å². The number of aliphatic hydroxyl groups is 1. The van der Waals surface area contributed by atoms with Crippen LogP contribution in [0.3, 0.4) is 0 Å². The highest BCUT2D eigenvalue weighted by atomic mass is 32.2. The zero-order valence-corrected chi connectivity index (χ0v) is 11.3. The molecule has 0 saturated heterocycles. The number of sulfone groups is 1. The smallest absolute Gasteiger partial charge is 0.152 e. The number of anilines is 1. The van der Waals surface area contributed by atoms with Crippen molar-refractivity contribution in [3.05, 3.63) is 29.8 Å². The molecule has 18 heavy (non-hydrogen) atoms. The van der Waals surface area contributed by atoms with Gasteiger partial charge in [0.15, 0.2) is 9.84 Å². The molecule has 0 aliphatic heterocycles. The molecule has 1 saturated carbocycles. The van der Waals surface area contributed by atoms with Gasteiger partial charge in [-0.15, -0.1) is 0 Å². The number of hydrogen-bond acceptors (Lipinski definition) is 4. The van der Waals surface area contributed by atoms with Gasteiger partial charge in [0.1, 0.15) is 0 Å². The van der Waals surface area contributed by atoms with Gasteiger partial charge >= 0.3 is 0 Å². The fourth-order valence-corrected chi connectivity index (χ4v) is 4.00. The Hall–Kier alpha value is -1.07. The topological polar surface area (TPSA) is 66.4 Å². The summed E-state index contributed by atoms with van der Waals surface area (Å²) in [6, 6.07) is 7.41. The highest BCUT2D eigenvalue weighted by Gasteiger charge is 2.34. The summed E-state index contributed by atoms with van der Waals surface area (Å²) in [4.78, 5) is 0. The Labute approximate surface area is 108 Å². The number of benzene rings is 1. The normalized spacial score (nSPS) is 24.1. The summed E-state index contributed by atoms with van der Waals surface area (Å²) in [5.41, 5.74) is 1.64. The Kier molecular flexibility index (Phi) is 3.92. The molecule has 1 aromatic carbocycles. The maximum atomic E-state index is 11.7. The summed E-state index contributed by atoms with van der Waals surface area (Å²) in [6.07, 6.45) is 3.81. The largest absolute Gasteiger partial charge is 0.392 e. The molecule has 0 radical (unpaired) electrons. The van der Waals surface area contributed by atoms with Crippen molar-refractivity contribution in [2.45, 2.75) is 37.2 Å². The van der Waals surface area contributed by atoms with Crippen molar-refractivity contribution in [1.29, 1.82) is 0 Å². The minimum absolute atomic E-state index is 0.0422. The lowest BCUT2D eigenvalue weighted by atomic mass is 10.1. The highest BCUT2D eigenvalue weighted by molar-refractivity contribution is 7.91. The van der Waals surface area contributed by atoms with E-state index in [9.17, 15) is 13.5 Å². The van der Waals surface area contributed by atoms with Crippen LogP contribution >= 0.6 is 0 Å². The Morgan fingerprint density at radius 2 is 2.06 bits per heavy atom. The average Bonchev–Trinajstić information content (AvgIpc) is 2.78. The highest BCUT2D eigenvalue weighted by Crippen LogP contribution is 2.29. The third-order valence-corrected chi connectivity index (χ3v) is 5.20. The van der Waals surface area contributed by atoms with Crippen LogP contribution in [0.4, 0.5) is 5.69 Å². The monoisotopic (exact) mass is 269 g/mol. The number of nitrogens with one attached hydrogen (secondary N) is 1. The van der Waals surface area contributed by atoms with E-state index in [1.54, 1.807) is 0 Å². The molecule has 2 unspecified atom stereocenters. The first-order valence-electron chi connectivity index (χ1n) is 6.16. The maximum Gasteiger partial charge on any atom is 0.152 e. The van der Waals surface area contributed by atoms with Crippen molar-refractivity contribution in [2.24, 2.45) is 0 Å². The van der Waals surface area contributed by atoms with Crippen LogP contribution < -0.4 is 5.32 Å². The molecule has 100 valence electrons. The van der Waals surface area contributed by atoms with E-state index in [-0.39, 0.29) is 17.9 Å². The quantitative estimate of drug-likeness (QED) is 0.870. The molecule has 0 spiro atoms. The SMILES string of the molecule is CS(=O)(=O)C1CCCC1Nc1ccccc1CO. The van der Waals surface area contributed by atoms with Crippen LogP contribution in [0.15, 0.2) is 24.3 Å². The van der Waals surface area contributed by atoms with Crippen LogP contribution in [0.2, 0.25) is 0 Å². The van der Waals surface area contributed by atoms with Gasteiger partial charge in [-0.05, 0) is 25.3 Å². The van der Waals surface area contributed by atoms with Crippen LogP contribution in [0.25, 0.3) is 0 Å². The molecule has 4 nitrogen and oxygen atoms in total. The van der Waals surface area contributed by atoms with Crippen LogP contribution in [-0.2, 0) is 16.4 Å². The van der Waals surface area contributed by atoms with Crippen LogP contribution in [-0.4, -0.2) is 31.1 Å². The van der Waals surface area contributed by atoms with E-state index in [0.717, 1.165) is 30.5 Å². The molecule has 1 fully saturated rings. The lowest BCUT2D eigenvalue weighted by Gasteiger charge is -2.22. The molecule has 2 atom stereocenters. The van der Waals surface area contributed by atoms with E-state index in [1.165, 1.54) is 6.26 Å². The van der Waals surface area contributed by atoms with E-state index < -0.39 is 9.84 Å². The minimum Gasteiger partial charge on any atom is -0.392 e. The average molecular weight is 269 g/mol. The second-order valence-electron chi connectivity index (χ2n) is 4.86. The third-order valence-electron chi connectivity index (χ3n) is 3.53. The molecule has 1 aliphatic carbocycles. The van der Waals surface area contributed by atoms with Crippen molar-refractivity contribution < 1.29 is 13.5 Å². The lowest BCUT2D eigenvalue weighted by molar-refractivity contribution is 0.282. The molecule has 0 aromatic heterocycles. The van der Waals surface area contributed by atoms with Gasteiger partial charge in [0.05, 0.1) is 11.9 Å². The van der Waals surface area contributed by atoms with Gasteiger partial charge < -0.3 is 10.4 Å². The molecule has 1 aliphatic rings.